The van der Waals surface area contributed by atoms with Crippen LogP contribution in [-0.2, 0) is 11.3 Å². The Morgan fingerprint density at radius 3 is 2.74 bits per heavy atom. The maximum atomic E-state index is 12.1. The van der Waals surface area contributed by atoms with Gasteiger partial charge in [-0.15, -0.1) is 0 Å². The first-order valence-corrected chi connectivity index (χ1v) is 6.40. The molecule has 0 aromatic carbocycles. The molecule has 0 N–H and O–H groups in total. The second-order valence-electron chi connectivity index (χ2n) is 5.90. The number of nitriles is 1. The summed E-state index contributed by atoms with van der Waals surface area (Å²) >= 11 is 0. The Kier molecular flexibility index (Phi) is 3.27. The SMILES string of the molecule is CC1CN(C(=O)OC(C)(C)C)Cc2ccc(C#N)n21. The molecule has 1 aromatic heterocycles. The number of nitrogens with zero attached hydrogens (tertiary/aromatic N) is 3. The van der Waals surface area contributed by atoms with Crippen LogP contribution in [0.3, 0.4) is 0 Å². The van der Waals surface area contributed by atoms with Crippen molar-refractivity contribution in [3.63, 3.8) is 0 Å². The lowest BCUT2D eigenvalue weighted by molar-refractivity contribution is 0.0173. The van der Waals surface area contributed by atoms with Gasteiger partial charge in [0, 0.05) is 18.3 Å². The van der Waals surface area contributed by atoms with Crippen molar-refractivity contribution >= 4 is 6.09 Å². The molecule has 0 aliphatic carbocycles. The van der Waals surface area contributed by atoms with Gasteiger partial charge >= 0.3 is 6.09 Å². The van der Waals surface area contributed by atoms with E-state index in [0.717, 1.165) is 5.69 Å². The minimum atomic E-state index is -0.489. The van der Waals surface area contributed by atoms with Gasteiger partial charge in [-0.3, -0.25) is 0 Å². The first kappa shape index (κ1) is 13.5. The molecular formula is C14H19N3O2. The van der Waals surface area contributed by atoms with Crippen molar-refractivity contribution in [2.45, 2.75) is 45.9 Å². The smallest absolute Gasteiger partial charge is 0.410 e. The molecule has 1 aliphatic rings. The Morgan fingerprint density at radius 1 is 1.47 bits per heavy atom. The fourth-order valence-corrected chi connectivity index (χ4v) is 2.36. The number of hydrogen-bond donors (Lipinski definition) is 0. The maximum Gasteiger partial charge on any atom is 0.410 e. The molecule has 5 heteroatoms. The van der Waals surface area contributed by atoms with Gasteiger partial charge in [-0.1, -0.05) is 0 Å². The predicted octanol–water partition coefficient (Wildman–Crippen LogP) is 2.67. The monoisotopic (exact) mass is 261 g/mol. The van der Waals surface area contributed by atoms with E-state index in [4.69, 9.17) is 10.00 Å². The standard InChI is InChI=1S/C14H19N3O2/c1-10-8-16(13(18)19-14(2,3)4)9-12-6-5-11(7-15)17(10)12/h5-6,10H,8-9H2,1-4H3. The molecule has 0 saturated carbocycles. The summed E-state index contributed by atoms with van der Waals surface area (Å²) in [5.74, 6) is 0. The highest BCUT2D eigenvalue weighted by Crippen LogP contribution is 2.25. The lowest BCUT2D eigenvalue weighted by Gasteiger charge is -2.34. The molecule has 2 heterocycles. The van der Waals surface area contributed by atoms with Crippen molar-refractivity contribution in [2.24, 2.45) is 0 Å². The minimum absolute atomic E-state index is 0.0842. The second kappa shape index (κ2) is 4.61. The van der Waals surface area contributed by atoms with Crippen molar-refractivity contribution in [1.29, 1.82) is 5.26 Å². The third-order valence-electron chi connectivity index (χ3n) is 3.05. The summed E-state index contributed by atoms with van der Waals surface area (Å²) in [6, 6.07) is 5.95. The first-order valence-electron chi connectivity index (χ1n) is 6.40. The van der Waals surface area contributed by atoms with Crippen LogP contribution >= 0.6 is 0 Å². The van der Waals surface area contributed by atoms with E-state index in [1.807, 2.05) is 38.3 Å². The number of amides is 1. The fourth-order valence-electron chi connectivity index (χ4n) is 2.36. The molecule has 0 fully saturated rings. The van der Waals surface area contributed by atoms with Gasteiger partial charge in [-0.25, -0.2) is 4.79 Å². The Bertz CT molecular complexity index is 534. The lowest BCUT2D eigenvalue weighted by atomic mass is 10.2. The van der Waals surface area contributed by atoms with Crippen molar-refractivity contribution < 1.29 is 9.53 Å². The number of rotatable bonds is 0. The zero-order chi connectivity index (χ0) is 14.2. The molecular weight excluding hydrogens is 242 g/mol. The van der Waals surface area contributed by atoms with Crippen LogP contribution in [0.15, 0.2) is 12.1 Å². The average Bonchev–Trinajstić information content (AvgIpc) is 2.70. The molecule has 1 amide bonds. The Hall–Kier alpha value is -1.96. The summed E-state index contributed by atoms with van der Waals surface area (Å²) < 4.78 is 7.37. The lowest BCUT2D eigenvalue weighted by Crippen LogP contribution is -2.43. The number of ether oxygens (including phenoxy) is 1. The van der Waals surface area contributed by atoms with E-state index in [2.05, 4.69) is 6.07 Å². The van der Waals surface area contributed by atoms with E-state index in [1.54, 1.807) is 11.0 Å². The number of fused-ring (bicyclic) bond motifs is 1. The summed E-state index contributed by atoms with van der Waals surface area (Å²) in [5, 5.41) is 9.05. The molecule has 1 aliphatic heterocycles. The average molecular weight is 261 g/mol. The Labute approximate surface area is 113 Å². The van der Waals surface area contributed by atoms with E-state index in [9.17, 15) is 4.79 Å². The Balaban J connectivity index is 2.18. The second-order valence-corrected chi connectivity index (χ2v) is 5.90. The quantitative estimate of drug-likeness (QED) is 0.721. The van der Waals surface area contributed by atoms with Crippen LogP contribution in [0, 0.1) is 11.3 Å². The molecule has 2 rings (SSSR count). The molecule has 1 atom stereocenters. The topological polar surface area (TPSA) is 58.3 Å². The zero-order valence-electron chi connectivity index (χ0n) is 11.8. The van der Waals surface area contributed by atoms with Gasteiger partial charge in [0.15, 0.2) is 0 Å². The van der Waals surface area contributed by atoms with E-state index < -0.39 is 5.60 Å². The Morgan fingerprint density at radius 2 is 2.16 bits per heavy atom. The van der Waals surface area contributed by atoms with Crippen molar-refractivity contribution in [1.82, 2.24) is 9.47 Å². The number of hydrogen-bond acceptors (Lipinski definition) is 3. The van der Waals surface area contributed by atoms with Crippen molar-refractivity contribution in [3.8, 4) is 6.07 Å². The summed E-state index contributed by atoms with van der Waals surface area (Å²) in [4.78, 5) is 13.8. The minimum Gasteiger partial charge on any atom is -0.444 e. The number of carbonyl (C=O) groups excluding carboxylic acids is 1. The molecule has 0 saturated heterocycles. The van der Waals surface area contributed by atoms with Crippen LogP contribution < -0.4 is 0 Å². The molecule has 0 spiro atoms. The van der Waals surface area contributed by atoms with Gasteiger partial charge < -0.3 is 14.2 Å². The number of carbonyl (C=O) groups is 1. The van der Waals surface area contributed by atoms with Crippen LogP contribution in [0.4, 0.5) is 4.79 Å². The van der Waals surface area contributed by atoms with Crippen molar-refractivity contribution in [2.75, 3.05) is 6.54 Å². The van der Waals surface area contributed by atoms with Crippen LogP contribution in [0.25, 0.3) is 0 Å². The highest BCUT2D eigenvalue weighted by atomic mass is 16.6. The van der Waals surface area contributed by atoms with Gasteiger partial charge in [0.25, 0.3) is 0 Å². The van der Waals surface area contributed by atoms with Crippen LogP contribution in [0.5, 0.6) is 0 Å². The van der Waals surface area contributed by atoms with E-state index in [1.165, 1.54) is 0 Å². The largest absolute Gasteiger partial charge is 0.444 e. The molecule has 1 aromatic rings. The third kappa shape index (κ3) is 2.73. The highest BCUT2D eigenvalue weighted by molar-refractivity contribution is 5.68. The molecule has 0 radical (unpaired) electrons. The van der Waals surface area contributed by atoms with Gasteiger partial charge in [0.1, 0.15) is 17.4 Å². The maximum absolute atomic E-state index is 12.1. The van der Waals surface area contributed by atoms with E-state index in [-0.39, 0.29) is 12.1 Å². The molecule has 5 nitrogen and oxygen atoms in total. The number of aromatic nitrogens is 1. The van der Waals surface area contributed by atoms with Gasteiger partial charge in [0.2, 0.25) is 0 Å². The van der Waals surface area contributed by atoms with Crippen molar-refractivity contribution in [3.05, 3.63) is 23.5 Å². The molecule has 1 unspecified atom stereocenters. The van der Waals surface area contributed by atoms with Gasteiger partial charge in [-0.2, -0.15) is 5.26 Å². The first-order chi connectivity index (χ1) is 8.81. The molecule has 0 bridgehead atoms. The van der Waals surface area contributed by atoms with Crippen LogP contribution in [0.2, 0.25) is 0 Å². The summed E-state index contributed by atoms with van der Waals surface area (Å²) in [6.45, 7) is 8.62. The van der Waals surface area contributed by atoms with Gasteiger partial charge in [-0.05, 0) is 39.8 Å². The summed E-state index contributed by atoms with van der Waals surface area (Å²) in [7, 11) is 0. The molecule has 102 valence electrons. The zero-order valence-corrected chi connectivity index (χ0v) is 11.8. The van der Waals surface area contributed by atoms with Crippen LogP contribution in [-0.4, -0.2) is 27.7 Å². The normalized spacial score (nSPS) is 18.7. The van der Waals surface area contributed by atoms with Gasteiger partial charge in [0.05, 0.1) is 6.54 Å². The van der Waals surface area contributed by atoms with E-state index in [0.29, 0.717) is 18.8 Å². The third-order valence-corrected chi connectivity index (χ3v) is 3.05. The van der Waals surface area contributed by atoms with E-state index >= 15 is 0 Å². The fraction of sp³-hybridized carbons (Fsp3) is 0.571. The highest BCUT2D eigenvalue weighted by Gasteiger charge is 2.29. The predicted molar refractivity (Wildman–Crippen MR) is 70.5 cm³/mol. The summed E-state index contributed by atoms with van der Waals surface area (Å²) in [5.41, 5.74) is 1.13. The molecule has 19 heavy (non-hydrogen) atoms. The summed E-state index contributed by atoms with van der Waals surface area (Å²) in [6.07, 6.45) is -0.301. The van der Waals surface area contributed by atoms with Crippen LogP contribution in [0.1, 0.15) is 45.1 Å².